The number of hydrogen-bond donors (Lipinski definition) is 3. The number of carbonyl (C=O) groups excluding carboxylic acids is 4. The number of carboxylic acids is 1. The van der Waals surface area contributed by atoms with Crippen LogP contribution in [0.25, 0.3) is 0 Å². The van der Waals surface area contributed by atoms with E-state index in [9.17, 15) is 29.1 Å². The summed E-state index contributed by atoms with van der Waals surface area (Å²) in [5.74, 6) is -2.96. The van der Waals surface area contributed by atoms with E-state index >= 15 is 0 Å². The molecule has 3 heterocycles. The molecule has 1 aromatic rings. The van der Waals surface area contributed by atoms with Gasteiger partial charge in [0.05, 0.1) is 31.9 Å². The summed E-state index contributed by atoms with van der Waals surface area (Å²) in [4.78, 5) is 73.6. The van der Waals surface area contributed by atoms with Gasteiger partial charge in [-0.3, -0.25) is 19.5 Å². The largest absolute Gasteiger partial charge is 0.479 e. The van der Waals surface area contributed by atoms with E-state index in [1.165, 1.54) is 15.9 Å². The Morgan fingerprint density at radius 3 is 2.54 bits per heavy atom. The van der Waals surface area contributed by atoms with E-state index in [0.717, 1.165) is 30.5 Å². The van der Waals surface area contributed by atoms with Gasteiger partial charge in [-0.15, -0.1) is 6.58 Å². The maximum absolute atomic E-state index is 14.4. The quantitative estimate of drug-likeness (QED) is 0.343. The van der Waals surface area contributed by atoms with Crippen molar-refractivity contribution in [2.24, 2.45) is 17.3 Å². The number of alkyl carbamates (subject to hydrolysis) is 1. The number of pyridine rings is 1. The monoisotopic (exact) mass is 639 g/mol. The summed E-state index contributed by atoms with van der Waals surface area (Å²) in [5.41, 5.74) is -0.0932. The Labute approximate surface area is 269 Å². The molecule has 1 saturated heterocycles. The molecule has 3 fully saturated rings. The summed E-state index contributed by atoms with van der Waals surface area (Å²) in [5, 5.41) is 15.4. The average Bonchev–Trinajstić information content (AvgIpc) is 3.33. The first-order valence-electron chi connectivity index (χ1n) is 16.1. The van der Waals surface area contributed by atoms with Crippen LogP contribution in [0, 0.1) is 17.3 Å². The minimum Gasteiger partial charge on any atom is -0.479 e. The van der Waals surface area contributed by atoms with E-state index in [0.29, 0.717) is 19.4 Å². The van der Waals surface area contributed by atoms with E-state index in [1.54, 1.807) is 12.3 Å². The molecule has 5 rings (SSSR count). The fourth-order valence-electron chi connectivity index (χ4n) is 6.72. The maximum atomic E-state index is 14.4. The summed E-state index contributed by atoms with van der Waals surface area (Å²) in [7, 11) is 0. The number of nitrogens with one attached hydrogen (secondary N) is 2. The standard InChI is InChI=1S/C33H45N5O8/c1-5-22-15-33(22,29(41)42)36-27(39)25-14-23(46-31(44)37-16-21-12-9-13-34-24(21)18-37)17-38(25)28(40)26(20-10-7-6-8-11-20)35-30(43)45-19-32(2,3)4/h5,9,12-13,20,22-23,25-26H,1,6-8,10-11,14-19H2,2-4H3,(H,35,43)(H,36,39)(H,41,42)/t22-,23-,25+,26+,33+/m1/s1. The molecule has 0 aromatic carbocycles. The fourth-order valence-corrected chi connectivity index (χ4v) is 6.72. The Morgan fingerprint density at radius 1 is 1.17 bits per heavy atom. The molecular formula is C33H45N5O8. The molecule has 4 aliphatic rings. The maximum Gasteiger partial charge on any atom is 0.410 e. The molecule has 2 aliphatic carbocycles. The zero-order chi connectivity index (χ0) is 33.2. The van der Waals surface area contributed by atoms with Gasteiger partial charge >= 0.3 is 18.2 Å². The van der Waals surface area contributed by atoms with Crippen molar-refractivity contribution in [3.63, 3.8) is 0 Å². The van der Waals surface area contributed by atoms with Crippen LogP contribution in [-0.4, -0.2) is 86.7 Å². The number of carboxylic acid groups (broad SMARTS) is 1. The number of aromatic nitrogens is 1. The number of aliphatic carboxylic acids is 1. The van der Waals surface area contributed by atoms with Gasteiger partial charge in [0.15, 0.2) is 0 Å². The third-order valence-corrected chi connectivity index (χ3v) is 9.38. The van der Waals surface area contributed by atoms with Crippen molar-refractivity contribution in [2.45, 2.75) is 103 Å². The minimum absolute atomic E-state index is 0.0251. The number of likely N-dealkylation sites (tertiary alicyclic amines) is 1. The van der Waals surface area contributed by atoms with Crippen LogP contribution in [0.5, 0.6) is 0 Å². The van der Waals surface area contributed by atoms with Crippen molar-refractivity contribution in [2.75, 3.05) is 13.2 Å². The molecule has 46 heavy (non-hydrogen) atoms. The van der Waals surface area contributed by atoms with Gasteiger partial charge in [-0.1, -0.05) is 52.2 Å². The third kappa shape index (κ3) is 7.28. The summed E-state index contributed by atoms with van der Waals surface area (Å²) in [6.45, 7) is 10.1. The van der Waals surface area contributed by atoms with Crippen molar-refractivity contribution in [1.82, 2.24) is 25.4 Å². The Morgan fingerprint density at radius 2 is 1.91 bits per heavy atom. The van der Waals surface area contributed by atoms with E-state index in [4.69, 9.17) is 9.47 Å². The summed E-state index contributed by atoms with van der Waals surface area (Å²) >= 11 is 0. The first kappa shape index (κ1) is 33.2. The lowest BCUT2D eigenvalue weighted by molar-refractivity contribution is -0.146. The molecular weight excluding hydrogens is 594 g/mol. The van der Waals surface area contributed by atoms with E-state index < -0.39 is 59.6 Å². The third-order valence-electron chi connectivity index (χ3n) is 9.38. The molecule has 250 valence electrons. The predicted octanol–water partition coefficient (Wildman–Crippen LogP) is 3.37. The zero-order valence-electron chi connectivity index (χ0n) is 26.8. The Hall–Kier alpha value is -4.16. The molecule has 3 N–H and O–H groups in total. The second kappa shape index (κ2) is 13.3. The van der Waals surface area contributed by atoms with Crippen molar-refractivity contribution in [1.29, 1.82) is 0 Å². The Bertz CT molecular complexity index is 1350. The van der Waals surface area contributed by atoms with Gasteiger partial charge < -0.3 is 30.1 Å². The highest BCUT2D eigenvalue weighted by Gasteiger charge is 2.61. The highest BCUT2D eigenvalue weighted by atomic mass is 16.6. The molecule has 0 unspecified atom stereocenters. The van der Waals surface area contributed by atoms with Crippen LogP contribution in [0.3, 0.4) is 0 Å². The van der Waals surface area contributed by atoms with Gasteiger partial charge in [0.1, 0.15) is 23.7 Å². The molecule has 0 bridgehead atoms. The lowest BCUT2D eigenvalue weighted by atomic mass is 9.83. The highest BCUT2D eigenvalue weighted by molar-refractivity contribution is 5.96. The highest BCUT2D eigenvalue weighted by Crippen LogP contribution is 2.45. The van der Waals surface area contributed by atoms with Gasteiger partial charge in [-0.2, -0.15) is 0 Å². The molecule has 4 amide bonds. The van der Waals surface area contributed by atoms with Crippen LogP contribution in [0.1, 0.15) is 77.0 Å². The van der Waals surface area contributed by atoms with Gasteiger partial charge in [0.2, 0.25) is 11.8 Å². The van der Waals surface area contributed by atoms with Crippen molar-refractivity contribution in [3.8, 4) is 0 Å². The summed E-state index contributed by atoms with van der Waals surface area (Å²) in [6, 6.07) is 1.60. The van der Waals surface area contributed by atoms with Crippen LogP contribution in [0.15, 0.2) is 31.0 Å². The predicted molar refractivity (Wildman–Crippen MR) is 165 cm³/mol. The first-order chi connectivity index (χ1) is 21.8. The molecule has 0 radical (unpaired) electrons. The van der Waals surface area contributed by atoms with Crippen LogP contribution in [0.4, 0.5) is 9.59 Å². The zero-order valence-corrected chi connectivity index (χ0v) is 26.8. The normalized spacial score (nSPS) is 26.5. The van der Waals surface area contributed by atoms with Gasteiger partial charge in [-0.05, 0) is 42.2 Å². The molecule has 1 aromatic heterocycles. The minimum atomic E-state index is -1.51. The molecule has 5 atom stereocenters. The van der Waals surface area contributed by atoms with Crippen molar-refractivity contribution in [3.05, 3.63) is 42.2 Å². The summed E-state index contributed by atoms with van der Waals surface area (Å²) in [6.07, 6.45) is 5.41. The van der Waals surface area contributed by atoms with Crippen LogP contribution < -0.4 is 10.6 Å². The van der Waals surface area contributed by atoms with Crippen molar-refractivity contribution >= 4 is 30.0 Å². The first-order valence-corrected chi connectivity index (χ1v) is 16.1. The number of carbonyl (C=O) groups is 5. The van der Waals surface area contributed by atoms with Crippen molar-refractivity contribution < 1.29 is 38.6 Å². The molecule has 2 aliphatic heterocycles. The number of ether oxygens (including phenoxy) is 2. The van der Waals surface area contributed by atoms with Crippen LogP contribution >= 0.6 is 0 Å². The molecule has 0 spiro atoms. The Balaban J connectivity index is 1.35. The van der Waals surface area contributed by atoms with Crippen LogP contribution in [0.2, 0.25) is 0 Å². The number of nitrogens with zero attached hydrogens (tertiary/aromatic N) is 3. The van der Waals surface area contributed by atoms with E-state index in [2.05, 4.69) is 22.2 Å². The SMILES string of the molecule is C=C[C@@H]1C[C@@]1(NC(=O)[C@@H]1C[C@@H](OC(=O)N2Cc3cccnc3C2)CN1C(=O)[C@@H](NC(=O)OCC(C)(C)C)C1CCCCC1)C(=O)O. The number of hydrogen-bond acceptors (Lipinski definition) is 8. The molecule has 2 saturated carbocycles. The molecule has 13 nitrogen and oxygen atoms in total. The average molecular weight is 640 g/mol. The van der Waals surface area contributed by atoms with Gasteiger partial charge in [0, 0.05) is 18.5 Å². The fraction of sp³-hybridized carbons (Fsp3) is 0.636. The van der Waals surface area contributed by atoms with Gasteiger partial charge in [0.25, 0.3) is 0 Å². The number of fused-ring (bicyclic) bond motifs is 1. The topological polar surface area (TPSA) is 167 Å². The van der Waals surface area contributed by atoms with Crippen LogP contribution in [-0.2, 0) is 36.9 Å². The second-order valence-electron chi connectivity index (χ2n) is 14.2. The summed E-state index contributed by atoms with van der Waals surface area (Å²) < 4.78 is 11.3. The lowest BCUT2D eigenvalue weighted by Crippen LogP contribution is -2.58. The smallest absolute Gasteiger partial charge is 0.410 e. The van der Waals surface area contributed by atoms with Gasteiger partial charge in [-0.25, -0.2) is 14.4 Å². The van der Waals surface area contributed by atoms with E-state index in [-0.39, 0.29) is 43.9 Å². The lowest BCUT2D eigenvalue weighted by Gasteiger charge is -2.34. The molecule has 13 heteroatoms. The Kier molecular flexibility index (Phi) is 9.59. The second-order valence-corrected chi connectivity index (χ2v) is 14.2. The number of amides is 4. The number of rotatable bonds is 9. The van der Waals surface area contributed by atoms with E-state index in [1.807, 2.05) is 26.8 Å².